The fourth-order valence-corrected chi connectivity index (χ4v) is 3.26. The van der Waals surface area contributed by atoms with Crippen molar-refractivity contribution in [1.29, 1.82) is 0 Å². The van der Waals surface area contributed by atoms with Gasteiger partial charge in [0.25, 0.3) is 0 Å². The minimum atomic E-state index is -0.334. The largest absolute Gasteiger partial charge is 0.357 e. The zero-order valence-corrected chi connectivity index (χ0v) is 17.1. The lowest BCUT2D eigenvalue weighted by Crippen LogP contribution is -2.43. The molecule has 1 fully saturated rings. The predicted molar refractivity (Wildman–Crippen MR) is 111 cm³/mol. The Balaban J connectivity index is 2.01. The molecule has 3 amide bonds. The second kappa shape index (κ2) is 11.3. The van der Waals surface area contributed by atoms with E-state index >= 15 is 0 Å². The summed E-state index contributed by atoms with van der Waals surface area (Å²) in [5, 5.41) is 8.97. The topological polar surface area (TPSA) is 89.1 Å². The van der Waals surface area contributed by atoms with E-state index in [2.05, 4.69) is 59.0 Å². The van der Waals surface area contributed by atoms with Gasteiger partial charge in [-0.05, 0) is 25.6 Å². The van der Waals surface area contributed by atoms with Crippen LogP contribution in [0.25, 0.3) is 0 Å². The number of urea groups is 1. The average molecular weight is 389 g/mol. The molecule has 0 aromatic heterocycles. The molecule has 1 aromatic carbocycles. The van der Waals surface area contributed by atoms with Gasteiger partial charge in [-0.25, -0.2) is 4.79 Å². The van der Waals surface area contributed by atoms with E-state index in [4.69, 9.17) is 4.99 Å². The first-order valence-electron chi connectivity index (χ1n) is 10.00. The van der Waals surface area contributed by atoms with Crippen molar-refractivity contribution in [2.75, 3.05) is 45.8 Å². The summed E-state index contributed by atoms with van der Waals surface area (Å²) in [5.41, 5.74) is 1.24. The number of likely N-dealkylation sites (N-methyl/N-ethyl adjacent to an activating group) is 1. The first-order valence-corrected chi connectivity index (χ1v) is 10.00. The Morgan fingerprint density at radius 2 is 1.89 bits per heavy atom. The molecule has 0 aliphatic carbocycles. The molecule has 8 nitrogen and oxygen atoms in total. The summed E-state index contributed by atoms with van der Waals surface area (Å²) in [4.78, 5) is 31.6. The molecule has 1 aromatic rings. The summed E-state index contributed by atoms with van der Waals surface area (Å²) in [6, 6.07) is 10.3. The van der Waals surface area contributed by atoms with Crippen LogP contribution >= 0.6 is 0 Å². The molecule has 0 radical (unpaired) electrons. The molecular formula is C20H32N6O2. The van der Waals surface area contributed by atoms with Gasteiger partial charge in [0, 0.05) is 19.6 Å². The SMILES string of the molecule is CCNC(=NCC(c1ccccc1)N(CC)CC)NCCN1C(=O)CNC1=O. The Morgan fingerprint density at radius 1 is 1.18 bits per heavy atom. The first kappa shape index (κ1) is 21.7. The van der Waals surface area contributed by atoms with Crippen LogP contribution in [-0.2, 0) is 4.79 Å². The van der Waals surface area contributed by atoms with Crippen LogP contribution in [0, 0.1) is 0 Å². The van der Waals surface area contributed by atoms with E-state index < -0.39 is 0 Å². The Bertz CT molecular complexity index is 644. The van der Waals surface area contributed by atoms with Crippen LogP contribution in [0.4, 0.5) is 4.79 Å². The molecular weight excluding hydrogens is 356 g/mol. The Labute approximate surface area is 167 Å². The van der Waals surface area contributed by atoms with Crippen molar-refractivity contribution in [3.63, 3.8) is 0 Å². The van der Waals surface area contributed by atoms with Crippen molar-refractivity contribution in [3.05, 3.63) is 35.9 Å². The van der Waals surface area contributed by atoms with Crippen molar-refractivity contribution in [3.8, 4) is 0 Å². The summed E-state index contributed by atoms with van der Waals surface area (Å²) in [5.74, 6) is 0.488. The normalized spacial score (nSPS) is 15.7. The number of carbonyl (C=O) groups is 2. The van der Waals surface area contributed by atoms with Crippen LogP contribution in [0.2, 0.25) is 0 Å². The number of guanidine groups is 1. The van der Waals surface area contributed by atoms with E-state index in [0.717, 1.165) is 19.6 Å². The molecule has 1 atom stereocenters. The van der Waals surface area contributed by atoms with E-state index in [1.54, 1.807) is 0 Å². The summed E-state index contributed by atoms with van der Waals surface area (Å²) in [6.45, 7) is 10.4. The summed E-state index contributed by atoms with van der Waals surface area (Å²) in [6.07, 6.45) is 0. The number of hydrogen-bond acceptors (Lipinski definition) is 4. The van der Waals surface area contributed by atoms with Crippen LogP contribution < -0.4 is 16.0 Å². The second-order valence-corrected chi connectivity index (χ2v) is 6.50. The molecule has 1 aliphatic heterocycles. The molecule has 1 saturated heterocycles. The highest BCUT2D eigenvalue weighted by atomic mass is 16.2. The molecule has 0 saturated carbocycles. The molecule has 1 heterocycles. The zero-order valence-electron chi connectivity index (χ0n) is 17.1. The molecule has 0 bridgehead atoms. The predicted octanol–water partition coefficient (Wildman–Crippen LogP) is 1.18. The summed E-state index contributed by atoms with van der Waals surface area (Å²) in [7, 11) is 0. The van der Waals surface area contributed by atoms with Gasteiger partial charge >= 0.3 is 6.03 Å². The number of nitrogens with zero attached hydrogens (tertiary/aromatic N) is 3. The van der Waals surface area contributed by atoms with Gasteiger partial charge < -0.3 is 16.0 Å². The van der Waals surface area contributed by atoms with Crippen LogP contribution in [-0.4, -0.2) is 73.5 Å². The third-order valence-corrected chi connectivity index (χ3v) is 4.77. The molecule has 154 valence electrons. The number of hydrogen-bond donors (Lipinski definition) is 3. The number of rotatable bonds is 10. The smallest absolute Gasteiger partial charge is 0.324 e. The van der Waals surface area contributed by atoms with Gasteiger partial charge in [0.2, 0.25) is 5.91 Å². The van der Waals surface area contributed by atoms with Crippen LogP contribution in [0.1, 0.15) is 32.4 Å². The number of aliphatic imine (C=N–C) groups is 1. The van der Waals surface area contributed by atoms with Gasteiger partial charge in [-0.1, -0.05) is 44.2 Å². The monoisotopic (exact) mass is 388 g/mol. The minimum absolute atomic E-state index is 0.0790. The van der Waals surface area contributed by atoms with Gasteiger partial charge in [-0.3, -0.25) is 19.6 Å². The lowest BCUT2D eigenvalue weighted by atomic mass is 10.1. The van der Waals surface area contributed by atoms with Crippen molar-refractivity contribution < 1.29 is 9.59 Å². The molecule has 28 heavy (non-hydrogen) atoms. The lowest BCUT2D eigenvalue weighted by Gasteiger charge is -2.29. The number of nitrogens with one attached hydrogen (secondary N) is 3. The molecule has 1 aliphatic rings. The summed E-state index contributed by atoms with van der Waals surface area (Å²) >= 11 is 0. The van der Waals surface area contributed by atoms with E-state index in [1.807, 2.05) is 13.0 Å². The highest BCUT2D eigenvalue weighted by molar-refractivity contribution is 6.01. The number of imide groups is 1. The number of amides is 3. The molecule has 3 N–H and O–H groups in total. The van der Waals surface area contributed by atoms with Crippen LogP contribution in [0.5, 0.6) is 0 Å². The molecule has 2 rings (SSSR count). The minimum Gasteiger partial charge on any atom is -0.357 e. The fraction of sp³-hybridized carbons (Fsp3) is 0.550. The standard InChI is InChI=1S/C20H32N6O2/c1-4-21-19(22-12-13-26-18(27)15-24-20(26)28)23-14-17(25(5-2)6-3)16-10-8-7-9-11-16/h7-11,17H,4-6,12-15H2,1-3H3,(H,24,28)(H2,21,22,23). The summed E-state index contributed by atoms with van der Waals surface area (Å²) < 4.78 is 0. The van der Waals surface area contributed by atoms with Gasteiger partial charge in [-0.15, -0.1) is 0 Å². The number of benzene rings is 1. The van der Waals surface area contributed by atoms with Gasteiger partial charge in [0.05, 0.1) is 19.1 Å². The van der Waals surface area contributed by atoms with Crippen molar-refractivity contribution in [1.82, 2.24) is 25.8 Å². The second-order valence-electron chi connectivity index (χ2n) is 6.50. The van der Waals surface area contributed by atoms with E-state index in [-0.39, 0.29) is 24.5 Å². The zero-order chi connectivity index (χ0) is 20.4. The van der Waals surface area contributed by atoms with Crippen molar-refractivity contribution in [2.24, 2.45) is 4.99 Å². The highest BCUT2D eigenvalue weighted by Gasteiger charge is 2.27. The third kappa shape index (κ3) is 5.95. The molecule has 1 unspecified atom stereocenters. The number of carbonyl (C=O) groups excluding carboxylic acids is 2. The Morgan fingerprint density at radius 3 is 2.46 bits per heavy atom. The van der Waals surface area contributed by atoms with Gasteiger partial charge in [-0.2, -0.15) is 0 Å². The van der Waals surface area contributed by atoms with E-state index in [1.165, 1.54) is 10.5 Å². The van der Waals surface area contributed by atoms with Crippen LogP contribution in [0.15, 0.2) is 35.3 Å². The van der Waals surface area contributed by atoms with Crippen LogP contribution in [0.3, 0.4) is 0 Å². The fourth-order valence-electron chi connectivity index (χ4n) is 3.26. The van der Waals surface area contributed by atoms with Gasteiger partial charge in [0.1, 0.15) is 0 Å². The van der Waals surface area contributed by atoms with Crippen molar-refractivity contribution in [2.45, 2.75) is 26.8 Å². The maximum Gasteiger partial charge on any atom is 0.324 e. The third-order valence-electron chi connectivity index (χ3n) is 4.77. The highest BCUT2D eigenvalue weighted by Crippen LogP contribution is 2.20. The molecule has 8 heteroatoms. The lowest BCUT2D eigenvalue weighted by molar-refractivity contribution is -0.124. The molecule has 0 spiro atoms. The quantitative estimate of drug-likeness (QED) is 0.318. The van der Waals surface area contributed by atoms with Gasteiger partial charge in [0.15, 0.2) is 5.96 Å². The van der Waals surface area contributed by atoms with E-state index in [0.29, 0.717) is 25.6 Å². The van der Waals surface area contributed by atoms with Crippen molar-refractivity contribution >= 4 is 17.9 Å². The van der Waals surface area contributed by atoms with E-state index in [9.17, 15) is 9.59 Å². The maximum atomic E-state index is 11.7. The first-order chi connectivity index (χ1) is 13.6. The Kier molecular flexibility index (Phi) is 8.74. The Hall–Kier alpha value is -2.61. The maximum absolute atomic E-state index is 11.7. The average Bonchev–Trinajstić information content (AvgIpc) is 3.03.